The van der Waals surface area contributed by atoms with Crippen LogP contribution in [0.15, 0.2) is 53.6 Å². The number of hydroxylamine groups is 2. The molecule has 0 bridgehead atoms. The van der Waals surface area contributed by atoms with Gasteiger partial charge in [-0.3, -0.25) is 15.0 Å². The van der Waals surface area contributed by atoms with Crippen molar-refractivity contribution in [1.82, 2.24) is 25.2 Å². The van der Waals surface area contributed by atoms with E-state index in [0.717, 1.165) is 38.5 Å². The van der Waals surface area contributed by atoms with E-state index in [0.29, 0.717) is 48.7 Å². The number of carbonyl (C=O) groups is 2. The highest BCUT2D eigenvalue weighted by Crippen LogP contribution is 2.50. The van der Waals surface area contributed by atoms with Crippen LogP contribution in [-0.4, -0.2) is 113 Å². The first-order valence-electron chi connectivity index (χ1n) is 17.1. The third-order valence-corrected chi connectivity index (χ3v) is 11.5. The van der Waals surface area contributed by atoms with E-state index in [-0.39, 0.29) is 35.1 Å². The fourth-order valence-electron chi connectivity index (χ4n) is 7.14. The average Bonchev–Trinajstić information content (AvgIpc) is 3.38. The number of piperidine rings is 1. The minimum Gasteiger partial charge on any atom is -0.497 e. The van der Waals surface area contributed by atoms with Gasteiger partial charge in [0, 0.05) is 56.1 Å². The van der Waals surface area contributed by atoms with Crippen molar-refractivity contribution in [2.75, 3.05) is 70.9 Å². The maximum Gasteiger partial charge on any atom is 0.427 e. The summed E-state index contributed by atoms with van der Waals surface area (Å²) in [4.78, 5) is 43.1. The number of hydrogen-bond acceptors (Lipinski definition) is 12. The summed E-state index contributed by atoms with van der Waals surface area (Å²) in [7, 11) is -2.35. The van der Waals surface area contributed by atoms with Gasteiger partial charge in [-0.25, -0.2) is 27.0 Å². The summed E-state index contributed by atoms with van der Waals surface area (Å²) in [5, 5.41) is 4.01. The van der Waals surface area contributed by atoms with Gasteiger partial charge in [0.25, 0.3) is 15.9 Å². The fraction of sp³-hybridized carbons (Fsp3) is 0.457. The molecule has 3 aromatic rings. The maximum absolute atomic E-state index is 15.2. The minimum atomic E-state index is -4.95. The molecule has 2 amide bonds. The number of amides is 2. The molecule has 17 heteroatoms. The summed E-state index contributed by atoms with van der Waals surface area (Å²) >= 11 is 0. The summed E-state index contributed by atoms with van der Waals surface area (Å²) in [5.41, 5.74) is -3.58. The Morgan fingerprint density at radius 3 is 2.33 bits per heavy atom. The van der Waals surface area contributed by atoms with Crippen molar-refractivity contribution in [3.63, 3.8) is 0 Å². The second kappa shape index (κ2) is 15.2. The number of methoxy groups -OCH3 is 2. The van der Waals surface area contributed by atoms with Crippen LogP contribution in [0.4, 0.5) is 19.3 Å². The first-order chi connectivity index (χ1) is 25.0. The lowest BCUT2D eigenvalue weighted by atomic mass is 9.84. The molecule has 4 heterocycles. The van der Waals surface area contributed by atoms with Crippen LogP contribution in [-0.2, 0) is 25.2 Å². The molecule has 2 saturated heterocycles. The molecule has 0 aliphatic carbocycles. The highest BCUT2D eigenvalue weighted by atomic mass is 32.2. The standard InChI is InChI=1S/C35H42F2N6O8S/c1-5-40-14-11-23(12-15-40)41-16-18-42(19-17-41)51-34(45)39-35(25-8-7-13-38-32(25)50-6-2)26-21-27(36)28(37)22-29(26)43(33(35)44)52(46,47)31-10-9-24(48-3)20-30(31)49-4/h7-10,13,20-23H,5-6,11-12,14-19H2,1-4H3,(H,39,45). The van der Waals surface area contributed by atoms with E-state index in [2.05, 4.69) is 27.0 Å². The number of anilines is 1. The Balaban J connectivity index is 1.38. The highest BCUT2D eigenvalue weighted by Gasteiger charge is 2.60. The quantitative estimate of drug-likeness (QED) is 0.307. The van der Waals surface area contributed by atoms with Crippen molar-refractivity contribution in [3.05, 3.63) is 71.4 Å². The number of aromatic nitrogens is 1. The van der Waals surface area contributed by atoms with Crippen molar-refractivity contribution in [2.24, 2.45) is 0 Å². The molecule has 2 aromatic carbocycles. The Morgan fingerprint density at radius 2 is 1.67 bits per heavy atom. The van der Waals surface area contributed by atoms with Crippen LogP contribution in [0.1, 0.15) is 37.8 Å². The summed E-state index contributed by atoms with van der Waals surface area (Å²) in [6, 6.07) is 8.30. The average molecular weight is 745 g/mol. The predicted molar refractivity (Wildman–Crippen MR) is 185 cm³/mol. The third-order valence-electron chi connectivity index (χ3n) is 9.81. The molecule has 0 spiro atoms. The topological polar surface area (TPSA) is 143 Å². The van der Waals surface area contributed by atoms with Crippen molar-refractivity contribution in [3.8, 4) is 17.4 Å². The zero-order valence-corrected chi connectivity index (χ0v) is 30.2. The lowest BCUT2D eigenvalue weighted by Crippen LogP contribution is -2.57. The Labute approximate surface area is 301 Å². The Bertz CT molecular complexity index is 1920. The molecule has 3 aliphatic rings. The van der Waals surface area contributed by atoms with Crippen molar-refractivity contribution in [2.45, 2.75) is 43.2 Å². The lowest BCUT2D eigenvalue weighted by molar-refractivity contribution is -0.134. The van der Waals surface area contributed by atoms with E-state index in [1.54, 1.807) is 6.92 Å². The molecule has 6 rings (SSSR count). The molecule has 0 saturated carbocycles. The van der Waals surface area contributed by atoms with E-state index in [9.17, 15) is 18.0 Å². The predicted octanol–water partition coefficient (Wildman–Crippen LogP) is 3.50. The second-order valence-corrected chi connectivity index (χ2v) is 14.3. The Kier molecular flexibility index (Phi) is 10.9. The molecule has 0 radical (unpaired) electrons. The van der Waals surface area contributed by atoms with Crippen molar-refractivity contribution in [1.29, 1.82) is 0 Å². The van der Waals surface area contributed by atoms with E-state index in [1.807, 2.05) is 0 Å². The minimum absolute atomic E-state index is 0.0656. The number of likely N-dealkylation sites (tertiary alicyclic amines) is 1. The van der Waals surface area contributed by atoms with Crippen molar-refractivity contribution >= 4 is 27.7 Å². The van der Waals surface area contributed by atoms with Crippen LogP contribution in [0.2, 0.25) is 0 Å². The van der Waals surface area contributed by atoms with E-state index >= 15 is 8.78 Å². The van der Waals surface area contributed by atoms with Crippen LogP contribution in [0.3, 0.4) is 0 Å². The molecule has 1 unspecified atom stereocenters. The van der Waals surface area contributed by atoms with Crippen LogP contribution in [0, 0.1) is 11.6 Å². The molecule has 52 heavy (non-hydrogen) atoms. The zero-order valence-electron chi connectivity index (χ0n) is 29.4. The second-order valence-electron chi connectivity index (χ2n) is 12.5. The first-order valence-corrected chi connectivity index (χ1v) is 18.5. The molecule has 1 atom stereocenters. The number of ether oxygens (including phenoxy) is 3. The van der Waals surface area contributed by atoms with Gasteiger partial charge in [-0.2, -0.15) is 4.31 Å². The first kappa shape index (κ1) is 37.2. The van der Waals surface area contributed by atoms with Crippen molar-refractivity contribution < 1.29 is 45.8 Å². The van der Waals surface area contributed by atoms with Gasteiger partial charge in [0.05, 0.1) is 32.1 Å². The Morgan fingerprint density at radius 1 is 0.962 bits per heavy atom. The highest BCUT2D eigenvalue weighted by molar-refractivity contribution is 7.93. The smallest absolute Gasteiger partial charge is 0.427 e. The van der Waals surface area contributed by atoms with Gasteiger partial charge < -0.3 is 23.9 Å². The number of fused-ring (bicyclic) bond motifs is 1. The maximum atomic E-state index is 15.2. The van der Waals surface area contributed by atoms with Gasteiger partial charge in [-0.05, 0) is 69.7 Å². The van der Waals surface area contributed by atoms with Crippen LogP contribution < -0.4 is 23.8 Å². The molecule has 280 valence electrons. The van der Waals surface area contributed by atoms with Gasteiger partial charge in [0.1, 0.15) is 16.4 Å². The third kappa shape index (κ3) is 6.73. The number of nitrogens with zero attached hydrogens (tertiary/aromatic N) is 5. The van der Waals surface area contributed by atoms with Crippen LogP contribution in [0.5, 0.6) is 17.4 Å². The number of rotatable bonds is 11. The summed E-state index contributed by atoms with van der Waals surface area (Å²) < 4.78 is 75.8. The van der Waals surface area contributed by atoms with Gasteiger partial charge in [0.2, 0.25) is 5.88 Å². The molecule has 1 N–H and O–H groups in total. The number of carbonyl (C=O) groups excluding carboxylic acids is 2. The number of pyridine rings is 1. The molecule has 14 nitrogen and oxygen atoms in total. The van der Waals surface area contributed by atoms with E-state index in [1.165, 1.54) is 49.7 Å². The summed E-state index contributed by atoms with van der Waals surface area (Å²) in [6.07, 6.45) is 2.33. The number of piperazine rings is 1. The molecule has 1 aromatic heterocycles. The molecule has 3 aliphatic heterocycles. The molecular formula is C35H42F2N6O8S. The largest absolute Gasteiger partial charge is 0.497 e. The summed E-state index contributed by atoms with van der Waals surface area (Å²) in [5.74, 6) is -4.20. The Hall–Kier alpha value is -4.58. The van der Waals surface area contributed by atoms with E-state index in [4.69, 9.17) is 19.0 Å². The molecular weight excluding hydrogens is 702 g/mol. The van der Waals surface area contributed by atoms with Gasteiger partial charge >= 0.3 is 6.09 Å². The van der Waals surface area contributed by atoms with Crippen LogP contribution >= 0.6 is 0 Å². The SMILES string of the molecule is CCOc1ncccc1C1(NC(=O)ON2CCN(C3CCN(CC)CC3)CC2)C(=O)N(S(=O)(=O)c2ccc(OC)cc2OC)c2cc(F)c(F)cc21. The summed E-state index contributed by atoms with van der Waals surface area (Å²) in [6.45, 7) is 8.95. The van der Waals surface area contributed by atoms with Gasteiger partial charge in [-0.15, -0.1) is 5.06 Å². The normalized spacial score (nSPS) is 20.4. The number of benzene rings is 2. The monoisotopic (exact) mass is 744 g/mol. The lowest BCUT2D eigenvalue weighted by Gasteiger charge is -2.42. The van der Waals surface area contributed by atoms with Gasteiger partial charge in [0.15, 0.2) is 17.2 Å². The number of sulfonamides is 1. The number of hydrogen-bond donors (Lipinski definition) is 1. The number of halogens is 2. The number of nitrogens with one attached hydrogen (secondary N) is 1. The fourth-order valence-corrected chi connectivity index (χ4v) is 8.74. The molecule has 2 fully saturated rings. The van der Waals surface area contributed by atoms with E-state index < -0.39 is 49.8 Å². The zero-order chi connectivity index (χ0) is 37.2. The van der Waals surface area contributed by atoms with Gasteiger partial charge in [-0.1, -0.05) is 6.92 Å². The van der Waals surface area contributed by atoms with Crippen LogP contribution in [0.25, 0.3) is 0 Å².